The summed E-state index contributed by atoms with van der Waals surface area (Å²) < 4.78 is 1.64. The summed E-state index contributed by atoms with van der Waals surface area (Å²) in [7, 11) is 0. The lowest BCUT2D eigenvalue weighted by molar-refractivity contribution is -0.131. The molecule has 0 radical (unpaired) electrons. The third kappa shape index (κ3) is 3.69. The van der Waals surface area contributed by atoms with Crippen LogP contribution in [0.15, 0.2) is 65.5 Å². The zero-order valence-electron chi connectivity index (χ0n) is 15.0. The largest absolute Gasteiger partial charge is 0.347 e. The number of carbonyl (C=O) groups is 1. The number of para-hydroxylation sites is 1. The predicted molar refractivity (Wildman–Crippen MR) is 103 cm³/mol. The zero-order valence-corrected chi connectivity index (χ0v) is 15.0. The highest BCUT2D eigenvalue weighted by Crippen LogP contribution is 2.27. The summed E-state index contributed by atoms with van der Waals surface area (Å²) in [4.78, 5) is 26.7. The van der Waals surface area contributed by atoms with Crippen molar-refractivity contribution >= 4 is 5.91 Å². The van der Waals surface area contributed by atoms with Crippen molar-refractivity contribution < 1.29 is 4.79 Å². The van der Waals surface area contributed by atoms with Crippen molar-refractivity contribution in [2.24, 2.45) is 0 Å². The average Bonchev–Trinajstić information content (AvgIpc) is 3.11. The van der Waals surface area contributed by atoms with E-state index in [0.717, 1.165) is 29.9 Å². The van der Waals surface area contributed by atoms with Crippen LogP contribution < -0.4 is 5.69 Å². The maximum atomic E-state index is 12.6. The number of amides is 1. The molecule has 1 saturated heterocycles. The Labute approximate surface area is 157 Å². The minimum absolute atomic E-state index is 0.155. The molecule has 0 aliphatic carbocycles. The molecule has 2 heterocycles. The Hall–Kier alpha value is -3.15. The number of carbonyl (C=O) groups excluding carboxylic acids is 1. The van der Waals surface area contributed by atoms with E-state index in [1.54, 1.807) is 4.57 Å². The molecule has 2 aromatic carbocycles. The topological polar surface area (TPSA) is 71.0 Å². The van der Waals surface area contributed by atoms with Gasteiger partial charge in [-0.2, -0.15) is 5.10 Å². The molecule has 1 N–H and O–H groups in total. The average molecular weight is 362 g/mol. The second-order valence-corrected chi connectivity index (χ2v) is 6.88. The highest BCUT2D eigenvalue weighted by Gasteiger charge is 2.28. The van der Waals surface area contributed by atoms with Gasteiger partial charge in [-0.05, 0) is 30.5 Å². The first-order valence-corrected chi connectivity index (χ1v) is 9.27. The molecule has 1 aliphatic rings. The van der Waals surface area contributed by atoms with E-state index in [4.69, 9.17) is 0 Å². The maximum Gasteiger partial charge on any atom is 0.347 e. The Balaban J connectivity index is 1.44. The lowest BCUT2D eigenvalue weighted by atomic mass is 9.95. The van der Waals surface area contributed by atoms with Crippen molar-refractivity contribution in [3.05, 3.63) is 82.5 Å². The molecule has 138 valence electrons. The summed E-state index contributed by atoms with van der Waals surface area (Å²) in [5, 5.41) is 6.85. The summed E-state index contributed by atoms with van der Waals surface area (Å²) in [5.41, 5.74) is 1.63. The molecule has 27 heavy (non-hydrogen) atoms. The molecule has 1 amide bonds. The Morgan fingerprint density at radius 3 is 2.30 bits per heavy atom. The van der Waals surface area contributed by atoms with E-state index >= 15 is 0 Å². The molecule has 1 aromatic heterocycles. The van der Waals surface area contributed by atoms with Gasteiger partial charge in [-0.25, -0.2) is 14.5 Å². The highest BCUT2D eigenvalue weighted by atomic mass is 16.2. The fourth-order valence-corrected chi connectivity index (χ4v) is 3.68. The molecular formula is C21H22N4O2. The van der Waals surface area contributed by atoms with Gasteiger partial charge in [0.05, 0.1) is 12.1 Å². The van der Waals surface area contributed by atoms with Gasteiger partial charge in [0.25, 0.3) is 0 Å². The van der Waals surface area contributed by atoms with Crippen molar-refractivity contribution in [2.45, 2.75) is 25.2 Å². The number of hydrogen-bond acceptors (Lipinski definition) is 3. The van der Waals surface area contributed by atoms with Crippen LogP contribution in [0.3, 0.4) is 0 Å². The summed E-state index contributed by atoms with van der Waals surface area (Å²) in [6, 6.07) is 19.4. The van der Waals surface area contributed by atoms with E-state index in [9.17, 15) is 9.59 Å². The van der Waals surface area contributed by atoms with E-state index in [1.807, 2.05) is 65.6 Å². The molecule has 0 unspecified atom stereocenters. The number of piperidine rings is 1. The minimum Gasteiger partial charge on any atom is -0.342 e. The van der Waals surface area contributed by atoms with Crippen molar-refractivity contribution in [1.82, 2.24) is 19.7 Å². The van der Waals surface area contributed by atoms with Gasteiger partial charge in [0.15, 0.2) is 0 Å². The molecule has 0 bridgehead atoms. The maximum absolute atomic E-state index is 12.6. The predicted octanol–water partition coefficient (Wildman–Crippen LogP) is 2.51. The normalized spacial score (nSPS) is 15.0. The van der Waals surface area contributed by atoms with Gasteiger partial charge < -0.3 is 4.90 Å². The van der Waals surface area contributed by atoms with E-state index in [1.165, 1.54) is 0 Å². The van der Waals surface area contributed by atoms with Crippen LogP contribution >= 0.6 is 0 Å². The third-order valence-electron chi connectivity index (χ3n) is 5.12. The summed E-state index contributed by atoms with van der Waals surface area (Å²) in [5.74, 6) is 1.06. The Morgan fingerprint density at radius 2 is 1.63 bits per heavy atom. The zero-order chi connectivity index (χ0) is 18.6. The van der Waals surface area contributed by atoms with Crippen LogP contribution in [0.2, 0.25) is 0 Å². The summed E-state index contributed by atoms with van der Waals surface area (Å²) >= 11 is 0. The van der Waals surface area contributed by atoms with Gasteiger partial charge in [-0.3, -0.25) is 4.79 Å². The number of nitrogens with zero attached hydrogens (tertiary/aromatic N) is 3. The minimum atomic E-state index is -0.223. The van der Waals surface area contributed by atoms with E-state index in [2.05, 4.69) is 10.2 Å². The highest BCUT2D eigenvalue weighted by molar-refractivity contribution is 5.78. The molecule has 6 heteroatoms. The molecule has 6 nitrogen and oxygen atoms in total. The van der Waals surface area contributed by atoms with Crippen LogP contribution in [0.25, 0.3) is 5.69 Å². The Kier molecular flexibility index (Phi) is 4.87. The van der Waals surface area contributed by atoms with E-state index < -0.39 is 0 Å². The summed E-state index contributed by atoms with van der Waals surface area (Å²) in [6.07, 6.45) is 2.04. The molecule has 1 fully saturated rings. The number of likely N-dealkylation sites (tertiary alicyclic amines) is 1. The first-order valence-electron chi connectivity index (χ1n) is 9.27. The van der Waals surface area contributed by atoms with Crippen LogP contribution in [-0.4, -0.2) is 38.7 Å². The third-order valence-corrected chi connectivity index (χ3v) is 5.12. The van der Waals surface area contributed by atoms with Crippen molar-refractivity contribution in [1.29, 1.82) is 0 Å². The second kappa shape index (κ2) is 7.61. The lowest BCUT2D eigenvalue weighted by Gasteiger charge is -2.31. The molecule has 1 aliphatic heterocycles. The van der Waals surface area contributed by atoms with Crippen LogP contribution in [-0.2, 0) is 11.2 Å². The van der Waals surface area contributed by atoms with Gasteiger partial charge in [-0.1, -0.05) is 48.5 Å². The standard InChI is InChI=1S/C21H22N4O2/c26-19(15-16-7-3-1-4-8-16)24-13-11-17(12-14-24)20-22-23-21(27)25(20)18-9-5-2-6-10-18/h1-10,17H,11-15H2,(H,23,27). The number of rotatable bonds is 4. The van der Waals surface area contributed by atoms with Crippen LogP contribution in [0.1, 0.15) is 30.1 Å². The molecule has 0 atom stereocenters. The number of aromatic nitrogens is 3. The fraction of sp³-hybridized carbons (Fsp3) is 0.286. The van der Waals surface area contributed by atoms with E-state index in [0.29, 0.717) is 19.5 Å². The fourth-order valence-electron chi connectivity index (χ4n) is 3.68. The quantitative estimate of drug-likeness (QED) is 0.775. The second-order valence-electron chi connectivity index (χ2n) is 6.88. The molecule has 0 saturated carbocycles. The molecule has 3 aromatic rings. The van der Waals surface area contributed by atoms with Gasteiger partial charge in [0.1, 0.15) is 5.82 Å². The van der Waals surface area contributed by atoms with Gasteiger partial charge in [0.2, 0.25) is 5.91 Å². The van der Waals surface area contributed by atoms with Gasteiger partial charge in [0, 0.05) is 19.0 Å². The Bertz CT molecular complexity index is 955. The smallest absolute Gasteiger partial charge is 0.342 e. The van der Waals surface area contributed by atoms with Crippen molar-refractivity contribution in [2.75, 3.05) is 13.1 Å². The Morgan fingerprint density at radius 1 is 1.00 bits per heavy atom. The number of nitrogens with one attached hydrogen (secondary N) is 1. The first-order chi connectivity index (χ1) is 13.2. The van der Waals surface area contributed by atoms with Crippen molar-refractivity contribution in [3.63, 3.8) is 0 Å². The number of hydrogen-bond donors (Lipinski definition) is 1. The van der Waals surface area contributed by atoms with Gasteiger partial charge >= 0.3 is 5.69 Å². The number of H-pyrrole nitrogens is 1. The molecular weight excluding hydrogens is 340 g/mol. The number of benzene rings is 2. The SMILES string of the molecule is O=C(Cc1ccccc1)N1CCC(c2n[nH]c(=O)n2-c2ccccc2)CC1. The lowest BCUT2D eigenvalue weighted by Crippen LogP contribution is -2.39. The monoisotopic (exact) mass is 362 g/mol. The van der Waals surface area contributed by atoms with Crippen LogP contribution in [0.5, 0.6) is 0 Å². The summed E-state index contributed by atoms with van der Waals surface area (Å²) in [6.45, 7) is 1.37. The van der Waals surface area contributed by atoms with Crippen LogP contribution in [0, 0.1) is 0 Å². The van der Waals surface area contributed by atoms with Crippen LogP contribution in [0.4, 0.5) is 0 Å². The molecule has 0 spiro atoms. The first kappa shape index (κ1) is 17.3. The molecule has 4 rings (SSSR count). The number of aromatic amines is 1. The van der Waals surface area contributed by atoms with E-state index in [-0.39, 0.29) is 17.5 Å². The van der Waals surface area contributed by atoms with Gasteiger partial charge in [-0.15, -0.1) is 0 Å². The van der Waals surface area contributed by atoms with Crippen molar-refractivity contribution in [3.8, 4) is 5.69 Å².